The molecule has 1 aromatic rings. The maximum absolute atomic E-state index is 12.4. The number of hydrogen-bond acceptors (Lipinski definition) is 4. The second kappa shape index (κ2) is 15.2. The van der Waals surface area contributed by atoms with Crippen molar-refractivity contribution in [2.45, 2.75) is 71.4 Å². The highest BCUT2D eigenvalue weighted by Crippen LogP contribution is 2.28. The van der Waals surface area contributed by atoms with Gasteiger partial charge in [-0.05, 0) is 70.6 Å². The van der Waals surface area contributed by atoms with Crippen LogP contribution in [-0.2, 0) is 11.2 Å². The van der Waals surface area contributed by atoms with Crippen molar-refractivity contribution in [3.05, 3.63) is 23.8 Å². The number of carbonyl (C=O) groups is 1. The molecule has 1 aromatic carbocycles. The summed E-state index contributed by atoms with van der Waals surface area (Å²) in [5.74, 6) is 2.62. The number of methoxy groups -OCH3 is 1. The van der Waals surface area contributed by atoms with E-state index >= 15 is 0 Å². The van der Waals surface area contributed by atoms with Crippen LogP contribution in [0.4, 0.5) is 0 Å². The van der Waals surface area contributed by atoms with E-state index in [0.717, 1.165) is 62.5 Å². The molecule has 1 aliphatic rings. The van der Waals surface area contributed by atoms with Crippen LogP contribution in [0.5, 0.6) is 11.5 Å². The second-order valence-electron chi connectivity index (χ2n) is 8.39. The van der Waals surface area contributed by atoms with Gasteiger partial charge in [0.25, 0.3) is 0 Å². The van der Waals surface area contributed by atoms with Crippen LogP contribution in [0, 0.1) is 5.92 Å². The Morgan fingerprint density at radius 1 is 1.25 bits per heavy atom. The lowest BCUT2D eigenvalue weighted by molar-refractivity contribution is -0.126. The quantitative estimate of drug-likeness (QED) is 0.175. The van der Waals surface area contributed by atoms with Gasteiger partial charge in [-0.1, -0.05) is 12.5 Å². The minimum Gasteiger partial charge on any atom is -0.493 e. The molecular formula is C24H41IN4O3. The highest BCUT2D eigenvalue weighted by atomic mass is 127. The number of guanidine groups is 1. The van der Waals surface area contributed by atoms with Gasteiger partial charge in [-0.25, -0.2) is 0 Å². The predicted octanol–water partition coefficient (Wildman–Crippen LogP) is 3.89. The molecule has 182 valence electrons. The average Bonchev–Trinajstić information content (AvgIpc) is 2.76. The minimum atomic E-state index is 0. The summed E-state index contributed by atoms with van der Waals surface area (Å²) in [4.78, 5) is 16.7. The Balaban J connectivity index is 0.00000512. The summed E-state index contributed by atoms with van der Waals surface area (Å²) in [6.45, 7) is 7.42. The third-order valence-electron chi connectivity index (χ3n) is 5.50. The van der Waals surface area contributed by atoms with Crippen molar-refractivity contribution in [2.24, 2.45) is 10.9 Å². The lowest BCUT2D eigenvalue weighted by Crippen LogP contribution is -2.47. The number of benzene rings is 1. The molecule has 2 atom stereocenters. The summed E-state index contributed by atoms with van der Waals surface area (Å²) in [6, 6.07) is 6.56. The van der Waals surface area contributed by atoms with Crippen LogP contribution in [-0.4, -0.2) is 51.3 Å². The fourth-order valence-electron chi connectivity index (χ4n) is 3.99. The first-order chi connectivity index (χ1) is 15.0. The molecule has 0 spiro atoms. The Morgan fingerprint density at radius 3 is 2.69 bits per heavy atom. The second-order valence-corrected chi connectivity index (χ2v) is 8.39. The van der Waals surface area contributed by atoms with Crippen LogP contribution in [0.3, 0.4) is 0 Å². The van der Waals surface area contributed by atoms with Crippen LogP contribution in [0.1, 0.15) is 58.4 Å². The molecule has 1 amide bonds. The number of nitrogens with zero attached hydrogens (tertiary/aromatic N) is 1. The Bertz CT molecular complexity index is 727. The van der Waals surface area contributed by atoms with Gasteiger partial charge in [0.05, 0.1) is 13.7 Å². The summed E-state index contributed by atoms with van der Waals surface area (Å²) in [6.07, 6.45) is 5.86. The molecule has 0 heterocycles. The van der Waals surface area contributed by atoms with Crippen LogP contribution < -0.4 is 25.4 Å². The topological polar surface area (TPSA) is 84.0 Å². The maximum Gasteiger partial charge on any atom is 0.223 e. The first-order valence-corrected chi connectivity index (χ1v) is 11.5. The molecule has 0 aromatic heterocycles. The molecule has 7 nitrogen and oxygen atoms in total. The average molecular weight is 561 g/mol. The SMILES string of the molecule is CCOc1cc(CCCNC(=NC)NC2CCCC(C(=O)NC(C)C)C2)ccc1OC.I. The first-order valence-electron chi connectivity index (χ1n) is 11.5. The fraction of sp³-hybridized carbons (Fsp3) is 0.667. The van der Waals surface area contributed by atoms with E-state index in [9.17, 15) is 4.79 Å². The predicted molar refractivity (Wildman–Crippen MR) is 141 cm³/mol. The van der Waals surface area contributed by atoms with E-state index in [1.807, 2.05) is 26.8 Å². The molecule has 0 bridgehead atoms. The number of amides is 1. The maximum atomic E-state index is 12.4. The molecule has 2 rings (SSSR count). The monoisotopic (exact) mass is 560 g/mol. The van der Waals surface area contributed by atoms with Crippen LogP contribution in [0.25, 0.3) is 0 Å². The van der Waals surface area contributed by atoms with E-state index in [-0.39, 0.29) is 47.9 Å². The number of halogens is 1. The van der Waals surface area contributed by atoms with Crippen molar-refractivity contribution < 1.29 is 14.3 Å². The molecule has 3 N–H and O–H groups in total. The number of hydrogen-bond donors (Lipinski definition) is 3. The van der Waals surface area contributed by atoms with Crippen molar-refractivity contribution in [3.63, 3.8) is 0 Å². The van der Waals surface area contributed by atoms with E-state index in [1.54, 1.807) is 14.2 Å². The van der Waals surface area contributed by atoms with Crippen molar-refractivity contribution in [1.82, 2.24) is 16.0 Å². The number of carbonyl (C=O) groups excluding carboxylic acids is 1. The number of aliphatic imine (C=N–C) groups is 1. The van der Waals surface area contributed by atoms with E-state index in [2.05, 4.69) is 33.1 Å². The lowest BCUT2D eigenvalue weighted by Gasteiger charge is -2.30. The molecule has 32 heavy (non-hydrogen) atoms. The van der Waals surface area contributed by atoms with E-state index in [1.165, 1.54) is 5.56 Å². The Labute approximate surface area is 210 Å². The highest BCUT2D eigenvalue weighted by molar-refractivity contribution is 14.0. The van der Waals surface area contributed by atoms with Gasteiger partial charge < -0.3 is 25.4 Å². The Morgan fingerprint density at radius 2 is 2.03 bits per heavy atom. The minimum absolute atomic E-state index is 0. The van der Waals surface area contributed by atoms with E-state index in [4.69, 9.17) is 9.47 Å². The fourth-order valence-corrected chi connectivity index (χ4v) is 3.99. The standard InChI is InChI=1S/C24H40N4O3.HI/c1-6-31-22-15-18(12-13-21(22)30-5)9-8-14-26-24(25-4)28-20-11-7-10-19(16-20)23(29)27-17(2)3;/h12-13,15,17,19-20H,6-11,14,16H2,1-5H3,(H,27,29)(H2,25,26,28);1H. The third kappa shape index (κ3) is 9.42. The molecule has 0 aliphatic heterocycles. The molecule has 0 saturated heterocycles. The van der Waals surface area contributed by atoms with Crippen LogP contribution >= 0.6 is 24.0 Å². The zero-order valence-electron chi connectivity index (χ0n) is 20.2. The smallest absolute Gasteiger partial charge is 0.223 e. The summed E-state index contributed by atoms with van der Waals surface area (Å²) in [5.41, 5.74) is 1.22. The summed E-state index contributed by atoms with van der Waals surface area (Å²) in [5, 5.41) is 9.96. The van der Waals surface area contributed by atoms with E-state index in [0.29, 0.717) is 6.61 Å². The van der Waals surface area contributed by atoms with Gasteiger partial charge in [0.2, 0.25) is 5.91 Å². The number of aryl methyl sites for hydroxylation is 1. The summed E-state index contributed by atoms with van der Waals surface area (Å²) in [7, 11) is 3.45. The van der Waals surface area contributed by atoms with Crippen molar-refractivity contribution in [2.75, 3.05) is 27.3 Å². The van der Waals surface area contributed by atoms with Gasteiger partial charge in [-0.15, -0.1) is 24.0 Å². The summed E-state index contributed by atoms with van der Waals surface area (Å²) >= 11 is 0. The van der Waals surface area contributed by atoms with Gasteiger partial charge in [0.1, 0.15) is 0 Å². The largest absolute Gasteiger partial charge is 0.493 e. The Kier molecular flexibility index (Phi) is 13.4. The van der Waals surface area contributed by atoms with Crippen LogP contribution in [0.15, 0.2) is 23.2 Å². The molecule has 1 fully saturated rings. The number of nitrogens with one attached hydrogen (secondary N) is 3. The molecule has 1 aliphatic carbocycles. The van der Waals surface area contributed by atoms with Gasteiger partial charge in [0, 0.05) is 31.6 Å². The molecular weight excluding hydrogens is 519 g/mol. The Hall–Kier alpha value is -1.71. The van der Waals surface area contributed by atoms with Crippen molar-refractivity contribution in [3.8, 4) is 11.5 Å². The molecule has 2 unspecified atom stereocenters. The van der Waals surface area contributed by atoms with Gasteiger partial charge >= 0.3 is 0 Å². The van der Waals surface area contributed by atoms with Gasteiger partial charge in [0.15, 0.2) is 17.5 Å². The van der Waals surface area contributed by atoms with Crippen molar-refractivity contribution in [1.29, 1.82) is 0 Å². The van der Waals surface area contributed by atoms with Gasteiger partial charge in [-0.2, -0.15) is 0 Å². The molecule has 1 saturated carbocycles. The van der Waals surface area contributed by atoms with E-state index < -0.39 is 0 Å². The molecule has 0 radical (unpaired) electrons. The number of rotatable bonds is 10. The highest BCUT2D eigenvalue weighted by Gasteiger charge is 2.27. The zero-order valence-corrected chi connectivity index (χ0v) is 22.5. The zero-order chi connectivity index (χ0) is 22.6. The summed E-state index contributed by atoms with van der Waals surface area (Å²) < 4.78 is 11.0. The number of ether oxygens (including phenoxy) is 2. The lowest BCUT2D eigenvalue weighted by atomic mass is 9.85. The van der Waals surface area contributed by atoms with Crippen molar-refractivity contribution >= 4 is 35.8 Å². The van der Waals surface area contributed by atoms with Gasteiger partial charge in [-0.3, -0.25) is 9.79 Å². The molecule has 8 heteroatoms. The third-order valence-corrected chi connectivity index (χ3v) is 5.50. The first kappa shape index (κ1) is 28.3. The van der Waals surface area contributed by atoms with Crippen LogP contribution in [0.2, 0.25) is 0 Å². The normalized spacial score (nSPS) is 18.5.